The number of carbonyl (C=O) groups excluding carboxylic acids is 1. The number of nitrogens with one attached hydrogen (secondary N) is 1. The number of carbonyl (C=O) groups is 1. The normalized spacial score (nSPS) is 15.3. The zero-order chi connectivity index (χ0) is 13.7. The average Bonchev–Trinajstić information content (AvgIpc) is 2.82. The number of piperidine rings is 1. The molecule has 1 amide bonds. The number of nitrogens with two attached hydrogens (primary N) is 1. The molecule has 1 fully saturated rings. The molecule has 19 heavy (non-hydrogen) atoms. The third-order valence-electron chi connectivity index (χ3n) is 3.11. The van der Waals surface area contributed by atoms with Gasteiger partial charge in [-0.1, -0.05) is 17.4 Å². The van der Waals surface area contributed by atoms with Crippen molar-refractivity contribution in [2.24, 2.45) is 0 Å². The molecular formula is C13H20N4OS. The molecule has 1 aromatic rings. The molecule has 104 valence electrons. The van der Waals surface area contributed by atoms with E-state index in [2.05, 4.69) is 21.8 Å². The van der Waals surface area contributed by atoms with E-state index in [9.17, 15) is 4.79 Å². The van der Waals surface area contributed by atoms with Gasteiger partial charge in [0.15, 0.2) is 5.13 Å². The summed E-state index contributed by atoms with van der Waals surface area (Å²) in [5, 5.41) is 3.69. The molecule has 0 aromatic carbocycles. The summed E-state index contributed by atoms with van der Waals surface area (Å²) in [5.41, 5.74) is 5.84. The molecule has 3 N–H and O–H groups in total. The summed E-state index contributed by atoms with van der Waals surface area (Å²) < 4.78 is 0. The lowest BCUT2D eigenvalue weighted by molar-refractivity contribution is 0.0959. The van der Waals surface area contributed by atoms with E-state index in [1.165, 1.54) is 30.6 Å². The van der Waals surface area contributed by atoms with E-state index in [1.807, 2.05) is 0 Å². The second-order valence-electron chi connectivity index (χ2n) is 4.59. The Bertz CT molecular complexity index is 451. The van der Waals surface area contributed by atoms with Crippen LogP contribution in [-0.2, 0) is 0 Å². The van der Waals surface area contributed by atoms with Crippen molar-refractivity contribution < 1.29 is 4.79 Å². The van der Waals surface area contributed by atoms with Gasteiger partial charge in [0.1, 0.15) is 10.7 Å². The summed E-state index contributed by atoms with van der Waals surface area (Å²) >= 11 is 1.38. The fraction of sp³-hybridized carbons (Fsp3) is 0.538. The fourth-order valence-electron chi connectivity index (χ4n) is 2.07. The van der Waals surface area contributed by atoms with Gasteiger partial charge in [0, 0.05) is 19.6 Å². The Hall–Kier alpha value is -1.56. The average molecular weight is 280 g/mol. The number of thiazole rings is 1. The van der Waals surface area contributed by atoms with Gasteiger partial charge in [0.2, 0.25) is 0 Å². The van der Waals surface area contributed by atoms with E-state index in [4.69, 9.17) is 5.73 Å². The van der Waals surface area contributed by atoms with Gasteiger partial charge in [-0.3, -0.25) is 4.79 Å². The molecule has 0 spiro atoms. The maximum Gasteiger partial charge on any atom is 0.265 e. The number of anilines is 2. The van der Waals surface area contributed by atoms with Crippen LogP contribution in [0.3, 0.4) is 0 Å². The highest BCUT2D eigenvalue weighted by Crippen LogP contribution is 2.29. The van der Waals surface area contributed by atoms with Gasteiger partial charge < -0.3 is 16.0 Å². The number of rotatable bonds is 5. The number of nitrogens with zero attached hydrogens (tertiary/aromatic N) is 2. The SMILES string of the molecule is C=CCCNC(=O)c1sc(N2CCCCC2)nc1N. The van der Waals surface area contributed by atoms with Crippen LogP contribution in [0.2, 0.25) is 0 Å². The number of amides is 1. The van der Waals surface area contributed by atoms with Gasteiger partial charge in [-0.25, -0.2) is 4.98 Å². The van der Waals surface area contributed by atoms with E-state index in [1.54, 1.807) is 6.08 Å². The second kappa shape index (κ2) is 6.56. The summed E-state index contributed by atoms with van der Waals surface area (Å²) in [4.78, 5) is 19.0. The molecule has 0 unspecified atom stereocenters. The molecule has 0 atom stereocenters. The predicted molar refractivity (Wildman–Crippen MR) is 79.7 cm³/mol. The van der Waals surface area contributed by atoms with Gasteiger partial charge >= 0.3 is 0 Å². The van der Waals surface area contributed by atoms with Crippen molar-refractivity contribution in [1.29, 1.82) is 0 Å². The fourth-order valence-corrected chi connectivity index (χ4v) is 3.02. The standard InChI is InChI=1S/C13H20N4OS/c1-2-3-7-15-12(18)10-11(14)16-13(19-10)17-8-5-4-6-9-17/h2H,1,3-9,14H2,(H,15,18). The smallest absolute Gasteiger partial charge is 0.265 e. The van der Waals surface area contributed by atoms with Gasteiger partial charge in [0.05, 0.1) is 0 Å². The molecule has 2 rings (SSSR count). The Morgan fingerprint density at radius 2 is 2.21 bits per heavy atom. The summed E-state index contributed by atoms with van der Waals surface area (Å²) in [6, 6.07) is 0. The van der Waals surface area contributed by atoms with Crippen molar-refractivity contribution in [3.8, 4) is 0 Å². The van der Waals surface area contributed by atoms with E-state index in [-0.39, 0.29) is 5.91 Å². The molecule has 1 aliphatic rings. The molecule has 1 saturated heterocycles. The van der Waals surface area contributed by atoms with Crippen molar-refractivity contribution in [1.82, 2.24) is 10.3 Å². The summed E-state index contributed by atoms with van der Waals surface area (Å²) in [7, 11) is 0. The molecule has 6 heteroatoms. The minimum atomic E-state index is -0.139. The lowest BCUT2D eigenvalue weighted by Crippen LogP contribution is -2.29. The number of hydrogen-bond donors (Lipinski definition) is 2. The topological polar surface area (TPSA) is 71.2 Å². The Balaban J connectivity index is 2.03. The number of nitrogen functional groups attached to an aromatic ring is 1. The van der Waals surface area contributed by atoms with Crippen molar-refractivity contribution in [3.05, 3.63) is 17.5 Å². The summed E-state index contributed by atoms with van der Waals surface area (Å²) in [6.07, 6.45) is 6.16. The van der Waals surface area contributed by atoms with E-state index in [0.717, 1.165) is 24.6 Å². The van der Waals surface area contributed by atoms with Crippen molar-refractivity contribution in [3.63, 3.8) is 0 Å². The molecular weight excluding hydrogens is 260 g/mol. The summed E-state index contributed by atoms with van der Waals surface area (Å²) in [6.45, 7) is 6.21. The van der Waals surface area contributed by atoms with Crippen LogP contribution >= 0.6 is 11.3 Å². The first-order valence-corrected chi connectivity index (χ1v) is 7.44. The van der Waals surface area contributed by atoms with Crippen LogP contribution in [0.5, 0.6) is 0 Å². The molecule has 0 saturated carbocycles. The molecule has 1 aromatic heterocycles. The highest BCUT2D eigenvalue weighted by Gasteiger charge is 2.20. The van der Waals surface area contributed by atoms with Crippen LogP contribution < -0.4 is 16.0 Å². The van der Waals surface area contributed by atoms with E-state index >= 15 is 0 Å². The highest BCUT2D eigenvalue weighted by atomic mass is 32.1. The lowest BCUT2D eigenvalue weighted by atomic mass is 10.1. The Kier molecular flexibility index (Phi) is 4.79. The Labute approximate surface area is 117 Å². The highest BCUT2D eigenvalue weighted by molar-refractivity contribution is 7.18. The van der Waals surface area contributed by atoms with Crippen molar-refractivity contribution >= 4 is 28.2 Å². The molecule has 0 radical (unpaired) electrons. The first-order valence-electron chi connectivity index (χ1n) is 6.62. The van der Waals surface area contributed by atoms with Crippen LogP contribution in [0.1, 0.15) is 35.4 Å². The van der Waals surface area contributed by atoms with Crippen LogP contribution in [0.15, 0.2) is 12.7 Å². The first-order chi connectivity index (χ1) is 9.22. The van der Waals surface area contributed by atoms with Gasteiger partial charge in [-0.2, -0.15) is 0 Å². The number of hydrogen-bond acceptors (Lipinski definition) is 5. The Morgan fingerprint density at radius 1 is 1.47 bits per heavy atom. The van der Waals surface area contributed by atoms with Crippen LogP contribution in [0.25, 0.3) is 0 Å². The second-order valence-corrected chi connectivity index (χ2v) is 5.57. The largest absolute Gasteiger partial charge is 0.382 e. The van der Waals surface area contributed by atoms with Crippen LogP contribution in [-0.4, -0.2) is 30.5 Å². The maximum absolute atomic E-state index is 12.0. The third kappa shape index (κ3) is 3.47. The minimum absolute atomic E-state index is 0.139. The zero-order valence-electron chi connectivity index (χ0n) is 11.0. The molecule has 0 bridgehead atoms. The predicted octanol–water partition coefficient (Wildman–Crippen LogP) is 2.02. The zero-order valence-corrected chi connectivity index (χ0v) is 11.8. The maximum atomic E-state index is 12.0. The van der Waals surface area contributed by atoms with Crippen molar-refractivity contribution in [2.75, 3.05) is 30.3 Å². The van der Waals surface area contributed by atoms with Gasteiger partial charge in [-0.15, -0.1) is 6.58 Å². The van der Waals surface area contributed by atoms with Gasteiger partial charge in [0.25, 0.3) is 5.91 Å². The molecule has 2 heterocycles. The monoisotopic (exact) mass is 280 g/mol. The van der Waals surface area contributed by atoms with E-state index in [0.29, 0.717) is 17.2 Å². The molecule has 1 aliphatic heterocycles. The van der Waals surface area contributed by atoms with Gasteiger partial charge in [-0.05, 0) is 25.7 Å². The molecule has 0 aliphatic carbocycles. The number of aromatic nitrogens is 1. The molecule has 5 nitrogen and oxygen atoms in total. The summed E-state index contributed by atoms with van der Waals surface area (Å²) in [5.74, 6) is 0.196. The Morgan fingerprint density at radius 3 is 2.89 bits per heavy atom. The minimum Gasteiger partial charge on any atom is -0.382 e. The van der Waals surface area contributed by atoms with Crippen LogP contribution in [0, 0.1) is 0 Å². The lowest BCUT2D eigenvalue weighted by Gasteiger charge is -2.25. The quantitative estimate of drug-likeness (QED) is 0.639. The van der Waals surface area contributed by atoms with Crippen LogP contribution in [0.4, 0.5) is 10.9 Å². The van der Waals surface area contributed by atoms with E-state index < -0.39 is 0 Å². The van der Waals surface area contributed by atoms with Crippen molar-refractivity contribution in [2.45, 2.75) is 25.7 Å². The first kappa shape index (κ1) is 13.9. The third-order valence-corrected chi connectivity index (χ3v) is 4.24.